The lowest BCUT2D eigenvalue weighted by atomic mass is 9.79. The van der Waals surface area contributed by atoms with Crippen LogP contribution in [0.2, 0.25) is 0 Å². The standard InChI is InChI=1S/C11H22IN/c1-2-3-4-7-11(13)8-5-10(12)6-9-11/h10H,2-9,13H2,1H3. The van der Waals surface area contributed by atoms with Gasteiger partial charge in [0, 0.05) is 9.46 Å². The van der Waals surface area contributed by atoms with E-state index in [-0.39, 0.29) is 5.54 Å². The fourth-order valence-corrected chi connectivity index (χ4v) is 2.76. The molecule has 1 nitrogen and oxygen atoms in total. The molecule has 0 saturated heterocycles. The number of rotatable bonds is 4. The molecule has 1 aliphatic carbocycles. The highest BCUT2D eigenvalue weighted by atomic mass is 127. The van der Waals surface area contributed by atoms with Crippen LogP contribution in [0.5, 0.6) is 0 Å². The lowest BCUT2D eigenvalue weighted by Gasteiger charge is -2.35. The molecule has 0 unspecified atom stereocenters. The van der Waals surface area contributed by atoms with E-state index in [4.69, 9.17) is 5.73 Å². The van der Waals surface area contributed by atoms with Gasteiger partial charge in [0.15, 0.2) is 0 Å². The van der Waals surface area contributed by atoms with Crippen LogP contribution in [0.4, 0.5) is 0 Å². The molecule has 1 saturated carbocycles. The van der Waals surface area contributed by atoms with Gasteiger partial charge < -0.3 is 5.73 Å². The maximum atomic E-state index is 6.36. The lowest BCUT2D eigenvalue weighted by molar-refractivity contribution is 0.278. The van der Waals surface area contributed by atoms with Crippen molar-refractivity contribution in [1.29, 1.82) is 0 Å². The molecule has 0 radical (unpaired) electrons. The second-order valence-electron chi connectivity index (χ2n) is 4.49. The topological polar surface area (TPSA) is 26.0 Å². The van der Waals surface area contributed by atoms with E-state index in [1.807, 2.05) is 0 Å². The van der Waals surface area contributed by atoms with Gasteiger partial charge in [-0.15, -0.1) is 0 Å². The van der Waals surface area contributed by atoms with E-state index >= 15 is 0 Å². The van der Waals surface area contributed by atoms with Crippen LogP contribution in [0, 0.1) is 0 Å². The van der Waals surface area contributed by atoms with Gasteiger partial charge in [-0.3, -0.25) is 0 Å². The van der Waals surface area contributed by atoms with Crippen molar-refractivity contribution < 1.29 is 0 Å². The molecule has 0 spiro atoms. The van der Waals surface area contributed by atoms with Gasteiger partial charge in [-0.2, -0.15) is 0 Å². The van der Waals surface area contributed by atoms with Gasteiger partial charge in [0.1, 0.15) is 0 Å². The van der Waals surface area contributed by atoms with Crippen molar-refractivity contribution >= 4 is 22.6 Å². The fourth-order valence-electron chi connectivity index (χ4n) is 2.13. The average molecular weight is 295 g/mol. The Morgan fingerprint density at radius 3 is 2.46 bits per heavy atom. The number of unbranched alkanes of at least 4 members (excludes halogenated alkanes) is 2. The van der Waals surface area contributed by atoms with E-state index in [0.717, 1.165) is 3.92 Å². The molecule has 0 aliphatic heterocycles. The van der Waals surface area contributed by atoms with Gasteiger partial charge >= 0.3 is 0 Å². The van der Waals surface area contributed by atoms with Crippen molar-refractivity contribution in [1.82, 2.24) is 0 Å². The summed E-state index contributed by atoms with van der Waals surface area (Å²) < 4.78 is 0.889. The molecule has 0 heterocycles. The molecule has 2 N–H and O–H groups in total. The summed E-state index contributed by atoms with van der Waals surface area (Å²) in [5, 5.41) is 0. The van der Waals surface area contributed by atoms with Crippen LogP contribution in [-0.4, -0.2) is 9.46 Å². The summed E-state index contributed by atoms with van der Waals surface area (Å²) in [4.78, 5) is 0. The summed E-state index contributed by atoms with van der Waals surface area (Å²) in [6, 6.07) is 0. The number of hydrogen-bond acceptors (Lipinski definition) is 1. The predicted octanol–water partition coefficient (Wildman–Crippen LogP) is 3.64. The Balaban J connectivity index is 2.22. The average Bonchev–Trinajstić information content (AvgIpc) is 2.12. The van der Waals surface area contributed by atoms with Crippen LogP contribution < -0.4 is 5.73 Å². The molecule has 0 aromatic heterocycles. The second kappa shape index (κ2) is 5.54. The predicted molar refractivity (Wildman–Crippen MR) is 67.3 cm³/mol. The minimum atomic E-state index is 0.205. The molecule has 0 amide bonds. The van der Waals surface area contributed by atoms with Crippen molar-refractivity contribution in [3.63, 3.8) is 0 Å². The third-order valence-electron chi connectivity index (χ3n) is 3.19. The normalized spacial score (nSPS) is 34.8. The zero-order valence-corrected chi connectivity index (χ0v) is 10.8. The first-order valence-electron chi connectivity index (χ1n) is 5.59. The molecule has 13 heavy (non-hydrogen) atoms. The monoisotopic (exact) mass is 295 g/mol. The van der Waals surface area contributed by atoms with Crippen LogP contribution in [0.15, 0.2) is 0 Å². The number of alkyl halides is 1. The molecule has 0 aromatic carbocycles. The SMILES string of the molecule is CCCCCC1(N)CCC(I)CC1. The van der Waals surface area contributed by atoms with Crippen LogP contribution in [0.25, 0.3) is 0 Å². The highest BCUT2D eigenvalue weighted by Gasteiger charge is 2.29. The Morgan fingerprint density at radius 1 is 1.31 bits per heavy atom. The Hall–Kier alpha value is 0.690. The van der Waals surface area contributed by atoms with Gasteiger partial charge in [0.25, 0.3) is 0 Å². The smallest absolute Gasteiger partial charge is 0.0155 e. The maximum absolute atomic E-state index is 6.36. The largest absolute Gasteiger partial charge is 0.325 e. The van der Waals surface area contributed by atoms with E-state index in [1.54, 1.807) is 0 Å². The Labute approximate surface area is 96.0 Å². The van der Waals surface area contributed by atoms with E-state index in [0.29, 0.717) is 0 Å². The zero-order chi connectivity index (χ0) is 9.73. The Bertz CT molecular complexity index is 139. The molecular weight excluding hydrogens is 273 g/mol. The Morgan fingerprint density at radius 2 is 1.92 bits per heavy atom. The number of hydrogen-bond donors (Lipinski definition) is 1. The fraction of sp³-hybridized carbons (Fsp3) is 1.00. The van der Waals surface area contributed by atoms with Crippen molar-refractivity contribution in [3.8, 4) is 0 Å². The van der Waals surface area contributed by atoms with Crippen molar-refractivity contribution in [2.24, 2.45) is 5.73 Å². The summed E-state index contributed by atoms with van der Waals surface area (Å²) >= 11 is 2.56. The first kappa shape index (κ1) is 11.8. The summed E-state index contributed by atoms with van der Waals surface area (Å²) in [6.45, 7) is 2.25. The lowest BCUT2D eigenvalue weighted by Crippen LogP contribution is -2.43. The highest BCUT2D eigenvalue weighted by molar-refractivity contribution is 14.1. The molecule has 78 valence electrons. The number of nitrogens with two attached hydrogens (primary N) is 1. The van der Waals surface area contributed by atoms with Gasteiger partial charge in [0.2, 0.25) is 0 Å². The summed E-state index contributed by atoms with van der Waals surface area (Å²) in [5.41, 5.74) is 6.56. The molecule has 0 bridgehead atoms. The first-order chi connectivity index (χ1) is 6.16. The van der Waals surface area contributed by atoms with Crippen LogP contribution in [0.1, 0.15) is 58.3 Å². The summed E-state index contributed by atoms with van der Waals surface area (Å²) in [5.74, 6) is 0. The first-order valence-corrected chi connectivity index (χ1v) is 6.84. The molecule has 1 aliphatic rings. The summed E-state index contributed by atoms with van der Waals surface area (Å²) in [6.07, 6.45) is 10.4. The van der Waals surface area contributed by atoms with Crippen LogP contribution in [-0.2, 0) is 0 Å². The minimum absolute atomic E-state index is 0.205. The van der Waals surface area contributed by atoms with Crippen molar-refractivity contribution in [3.05, 3.63) is 0 Å². The van der Waals surface area contributed by atoms with E-state index in [2.05, 4.69) is 29.5 Å². The van der Waals surface area contributed by atoms with Gasteiger partial charge in [-0.25, -0.2) is 0 Å². The third kappa shape index (κ3) is 4.15. The summed E-state index contributed by atoms with van der Waals surface area (Å²) in [7, 11) is 0. The van der Waals surface area contributed by atoms with E-state index in [1.165, 1.54) is 51.4 Å². The second-order valence-corrected chi connectivity index (χ2v) is 6.26. The Kier molecular flexibility index (Phi) is 5.01. The molecule has 0 aromatic rings. The molecule has 1 rings (SSSR count). The minimum Gasteiger partial charge on any atom is -0.325 e. The molecule has 0 atom stereocenters. The van der Waals surface area contributed by atoms with E-state index in [9.17, 15) is 0 Å². The van der Waals surface area contributed by atoms with Crippen LogP contribution in [0.3, 0.4) is 0 Å². The van der Waals surface area contributed by atoms with E-state index < -0.39 is 0 Å². The number of halogens is 1. The third-order valence-corrected chi connectivity index (χ3v) is 4.43. The molecule has 2 heteroatoms. The highest BCUT2D eigenvalue weighted by Crippen LogP contribution is 2.33. The van der Waals surface area contributed by atoms with Gasteiger partial charge in [0.05, 0.1) is 0 Å². The van der Waals surface area contributed by atoms with Crippen LogP contribution >= 0.6 is 22.6 Å². The van der Waals surface area contributed by atoms with Crippen molar-refractivity contribution in [2.75, 3.05) is 0 Å². The molecular formula is C11H22IN. The van der Waals surface area contributed by atoms with Crippen molar-refractivity contribution in [2.45, 2.75) is 67.8 Å². The quantitative estimate of drug-likeness (QED) is 0.478. The van der Waals surface area contributed by atoms with Gasteiger partial charge in [-0.05, 0) is 32.1 Å². The maximum Gasteiger partial charge on any atom is 0.0155 e. The zero-order valence-electron chi connectivity index (χ0n) is 8.69. The van der Waals surface area contributed by atoms with Gasteiger partial charge in [-0.1, -0.05) is 48.8 Å². The molecule has 1 fully saturated rings.